The van der Waals surface area contributed by atoms with Crippen molar-refractivity contribution in [1.29, 1.82) is 0 Å². The molecule has 0 atom stereocenters. The summed E-state index contributed by atoms with van der Waals surface area (Å²) in [6.07, 6.45) is 0. The summed E-state index contributed by atoms with van der Waals surface area (Å²) in [5, 5.41) is 3.19. The van der Waals surface area contributed by atoms with Crippen LogP contribution in [0.25, 0.3) is 0 Å². The maximum atomic E-state index is 12.5. The third kappa shape index (κ3) is 5.76. The number of halogens is 1. The number of nitrogens with one attached hydrogen (secondary N) is 2. The fourth-order valence-corrected chi connectivity index (χ4v) is 4.31. The topological polar surface area (TPSA) is 75.3 Å². The number of thioether (sulfide) groups is 1. The number of amides is 1. The number of hydrogen-bond donors (Lipinski definition) is 2. The number of carbonyl (C=O) groups is 1. The van der Waals surface area contributed by atoms with Gasteiger partial charge in [-0.2, -0.15) is 0 Å². The highest BCUT2D eigenvalue weighted by Crippen LogP contribution is 2.21. The lowest BCUT2D eigenvalue weighted by Gasteiger charge is -2.10. The molecule has 0 unspecified atom stereocenters. The predicted molar refractivity (Wildman–Crippen MR) is 114 cm³/mol. The zero-order valence-electron chi connectivity index (χ0n) is 14.6. The lowest BCUT2D eigenvalue weighted by molar-refractivity contribution is -0.113. The van der Waals surface area contributed by atoms with Crippen molar-refractivity contribution in [3.63, 3.8) is 0 Å². The Morgan fingerprint density at radius 1 is 0.893 bits per heavy atom. The van der Waals surface area contributed by atoms with Crippen molar-refractivity contribution in [3.05, 3.63) is 83.9 Å². The van der Waals surface area contributed by atoms with Crippen LogP contribution in [-0.2, 0) is 14.8 Å². The summed E-state index contributed by atoms with van der Waals surface area (Å²) in [6.45, 7) is 0. The van der Waals surface area contributed by atoms with E-state index >= 15 is 0 Å². The molecule has 3 aromatic carbocycles. The number of rotatable bonds is 7. The number of sulfonamides is 1. The van der Waals surface area contributed by atoms with E-state index in [0.29, 0.717) is 16.4 Å². The highest BCUT2D eigenvalue weighted by atomic mass is 35.5. The summed E-state index contributed by atoms with van der Waals surface area (Å²) in [7, 11) is -3.75. The van der Waals surface area contributed by atoms with Gasteiger partial charge in [0.05, 0.1) is 16.3 Å². The Morgan fingerprint density at radius 3 is 2.29 bits per heavy atom. The van der Waals surface area contributed by atoms with E-state index in [-0.39, 0.29) is 16.6 Å². The molecule has 3 aromatic rings. The van der Waals surface area contributed by atoms with Gasteiger partial charge in [0.25, 0.3) is 10.0 Å². The third-order valence-electron chi connectivity index (χ3n) is 3.64. The van der Waals surface area contributed by atoms with E-state index in [9.17, 15) is 13.2 Å². The van der Waals surface area contributed by atoms with Crippen LogP contribution in [0.3, 0.4) is 0 Å². The third-order valence-corrected chi connectivity index (χ3v) is 6.28. The minimum absolute atomic E-state index is 0.0872. The molecule has 0 aliphatic carbocycles. The van der Waals surface area contributed by atoms with Gasteiger partial charge in [0.15, 0.2) is 0 Å². The molecule has 0 spiro atoms. The number of hydrogen-bond acceptors (Lipinski definition) is 4. The molecule has 1 amide bonds. The van der Waals surface area contributed by atoms with Crippen LogP contribution in [0.1, 0.15) is 0 Å². The van der Waals surface area contributed by atoms with Gasteiger partial charge >= 0.3 is 0 Å². The molecule has 0 bridgehead atoms. The number of anilines is 2. The molecule has 8 heteroatoms. The van der Waals surface area contributed by atoms with Crippen molar-refractivity contribution < 1.29 is 13.2 Å². The summed E-state index contributed by atoms with van der Waals surface area (Å²) < 4.78 is 27.4. The SMILES string of the molecule is O=C(CSc1ccccc1)Nc1ccc(S(=O)(=O)Nc2cccc(Cl)c2)cc1. The maximum absolute atomic E-state index is 12.5. The van der Waals surface area contributed by atoms with Gasteiger partial charge in [-0.1, -0.05) is 35.9 Å². The van der Waals surface area contributed by atoms with Gasteiger partial charge in [0, 0.05) is 15.6 Å². The van der Waals surface area contributed by atoms with E-state index in [4.69, 9.17) is 11.6 Å². The van der Waals surface area contributed by atoms with Crippen LogP contribution in [0, 0.1) is 0 Å². The standard InChI is InChI=1S/C20H17ClN2O3S2/c21-15-5-4-6-17(13-15)23-28(25,26)19-11-9-16(10-12-19)22-20(24)14-27-18-7-2-1-3-8-18/h1-13,23H,14H2,(H,22,24). The Morgan fingerprint density at radius 2 is 1.61 bits per heavy atom. The smallest absolute Gasteiger partial charge is 0.261 e. The van der Waals surface area contributed by atoms with Gasteiger partial charge in [-0.3, -0.25) is 9.52 Å². The Kier molecular flexibility index (Phi) is 6.61. The van der Waals surface area contributed by atoms with Gasteiger partial charge in [0.2, 0.25) is 5.91 Å². The highest BCUT2D eigenvalue weighted by molar-refractivity contribution is 8.00. The number of benzene rings is 3. The molecule has 0 radical (unpaired) electrons. The lowest BCUT2D eigenvalue weighted by Crippen LogP contribution is -2.15. The van der Waals surface area contributed by atoms with Crippen molar-refractivity contribution in [1.82, 2.24) is 0 Å². The number of carbonyl (C=O) groups excluding carboxylic acids is 1. The Hall–Kier alpha value is -2.48. The first-order valence-corrected chi connectivity index (χ1v) is 11.1. The summed E-state index contributed by atoms with van der Waals surface area (Å²) in [5.74, 6) is 0.0990. The average Bonchev–Trinajstić information content (AvgIpc) is 2.67. The molecule has 0 aliphatic rings. The Balaban J connectivity index is 1.60. The highest BCUT2D eigenvalue weighted by Gasteiger charge is 2.14. The summed E-state index contributed by atoms with van der Waals surface area (Å²) >= 11 is 7.31. The van der Waals surface area contributed by atoms with E-state index in [2.05, 4.69) is 10.0 Å². The quantitative estimate of drug-likeness (QED) is 0.522. The summed E-state index contributed by atoms with van der Waals surface area (Å²) in [6, 6.07) is 22.1. The first kappa shape index (κ1) is 20.3. The fraction of sp³-hybridized carbons (Fsp3) is 0.0500. The average molecular weight is 433 g/mol. The largest absolute Gasteiger partial charge is 0.325 e. The summed E-state index contributed by atoms with van der Waals surface area (Å²) in [4.78, 5) is 13.2. The molecule has 0 saturated carbocycles. The van der Waals surface area contributed by atoms with E-state index in [0.717, 1.165) is 4.90 Å². The van der Waals surface area contributed by atoms with Crippen molar-refractivity contribution in [3.8, 4) is 0 Å². The molecule has 28 heavy (non-hydrogen) atoms. The van der Waals surface area contributed by atoms with Crippen LogP contribution >= 0.6 is 23.4 Å². The Labute approximate surface area is 173 Å². The zero-order chi connectivity index (χ0) is 20.0. The molecule has 2 N–H and O–H groups in total. The van der Waals surface area contributed by atoms with E-state index < -0.39 is 10.0 Å². The van der Waals surface area contributed by atoms with E-state index in [1.54, 1.807) is 30.3 Å². The molecular formula is C20H17ClN2O3S2. The van der Waals surface area contributed by atoms with E-state index in [1.165, 1.54) is 30.0 Å². The Bertz CT molecular complexity index is 1060. The van der Waals surface area contributed by atoms with Crippen molar-refractivity contribution in [2.24, 2.45) is 0 Å². The second kappa shape index (κ2) is 9.14. The first-order valence-electron chi connectivity index (χ1n) is 8.28. The minimum atomic E-state index is -3.75. The van der Waals surface area contributed by atoms with Crippen LogP contribution in [-0.4, -0.2) is 20.1 Å². The van der Waals surface area contributed by atoms with Crippen LogP contribution in [0.5, 0.6) is 0 Å². The van der Waals surface area contributed by atoms with E-state index in [1.807, 2.05) is 30.3 Å². The van der Waals surface area contributed by atoms with Crippen LogP contribution in [0.15, 0.2) is 88.7 Å². The molecular weight excluding hydrogens is 416 g/mol. The first-order chi connectivity index (χ1) is 13.4. The van der Waals surface area contributed by atoms with Gasteiger partial charge in [0.1, 0.15) is 0 Å². The normalized spacial score (nSPS) is 11.0. The molecule has 3 rings (SSSR count). The van der Waals surface area contributed by atoms with Gasteiger partial charge < -0.3 is 5.32 Å². The molecule has 0 heterocycles. The molecule has 144 valence electrons. The van der Waals surface area contributed by atoms with Crippen molar-refractivity contribution in [2.45, 2.75) is 9.79 Å². The molecule has 0 fully saturated rings. The monoisotopic (exact) mass is 432 g/mol. The van der Waals surface area contributed by atoms with Gasteiger partial charge in [-0.15, -0.1) is 11.8 Å². The maximum Gasteiger partial charge on any atom is 0.261 e. The molecule has 5 nitrogen and oxygen atoms in total. The second-order valence-electron chi connectivity index (χ2n) is 5.79. The fourth-order valence-electron chi connectivity index (χ4n) is 2.35. The zero-order valence-corrected chi connectivity index (χ0v) is 17.0. The van der Waals surface area contributed by atoms with Crippen LogP contribution in [0.2, 0.25) is 5.02 Å². The predicted octanol–water partition coefficient (Wildman–Crippen LogP) is 4.87. The van der Waals surface area contributed by atoms with Gasteiger partial charge in [-0.05, 0) is 54.6 Å². The minimum Gasteiger partial charge on any atom is -0.325 e. The molecule has 0 saturated heterocycles. The summed E-state index contributed by atoms with van der Waals surface area (Å²) in [5.41, 5.74) is 0.906. The van der Waals surface area contributed by atoms with Crippen LogP contribution in [0.4, 0.5) is 11.4 Å². The molecule has 0 aromatic heterocycles. The van der Waals surface area contributed by atoms with Crippen molar-refractivity contribution in [2.75, 3.05) is 15.8 Å². The molecule has 0 aliphatic heterocycles. The lowest BCUT2D eigenvalue weighted by atomic mass is 10.3. The second-order valence-corrected chi connectivity index (χ2v) is 8.96. The van der Waals surface area contributed by atoms with Crippen LogP contribution < -0.4 is 10.0 Å². The van der Waals surface area contributed by atoms with Gasteiger partial charge in [-0.25, -0.2) is 8.42 Å². The van der Waals surface area contributed by atoms with Crippen molar-refractivity contribution >= 4 is 50.7 Å².